The summed E-state index contributed by atoms with van der Waals surface area (Å²) in [7, 11) is 0. The molecule has 0 N–H and O–H groups in total. The minimum Gasteiger partial charge on any atom is -0.309 e. The Morgan fingerprint density at radius 2 is 1.07 bits per heavy atom. The van der Waals surface area contributed by atoms with E-state index in [1.54, 1.807) is 0 Å². The van der Waals surface area contributed by atoms with Crippen molar-refractivity contribution in [3.63, 3.8) is 0 Å². The summed E-state index contributed by atoms with van der Waals surface area (Å²) < 4.78 is 7.05. The molecule has 5 aromatic heterocycles. The predicted octanol–water partition coefficient (Wildman–Crippen LogP) is 9.23. The van der Waals surface area contributed by atoms with E-state index in [-0.39, 0.29) is 0 Å². The largest absolute Gasteiger partial charge is 0.309 e. The van der Waals surface area contributed by atoms with Gasteiger partial charge in [0.15, 0.2) is 0 Å². The van der Waals surface area contributed by atoms with Gasteiger partial charge in [-0.15, -0.1) is 0 Å². The minimum atomic E-state index is 0.916. The van der Waals surface area contributed by atoms with Crippen LogP contribution in [0.3, 0.4) is 0 Å². The van der Waals surface area contributed by atoms with Gasteiger partial charge in [0.25, 0.3) is 0 Å². The van der Waals surface area contributed by atoms with Crippen LogP contribution in [0.5, 0.6) is 0 Å². The van der Waals surface area contributed by atoms with Crippen molar-refractivity contribution >= 4 is 71.1 Å². The highest BCUT2D eigenvalue weighted by atomic mass is 15.0. The molecule has 0 atom stereocenters. The van der Waals surface area contributed by atoms with E-state index < -0.39 is 0 Å². The van der Waals surface area contributed by atoms with Gasteiger partial charge in [-0.05, 0) is 60.7 Å². The van der Waals surface area contributed by atoms with Gasteiger partial charge in [0.2, 0.25) is 0 Å². The van der Waals surface area contributed by atoms with Gasteiger partial charge in [0.05, 0.1) is 33.1 Å². The third-order valence-electron chi connectivity index (χ3n) is 8.91. The van der Waals surface area contributed by atoms with Gasteiger partial charge in [-0.1, -0.05) is 60.7 Å². The van der Waals surface area contributed by atoms with Gasteiger partial charge in [-0.2, -0.15) is 0 Å². The molecule has 0 saturated heterocycles. The lowest BCUT2D eigenvalue weighted by Crippen LogP contribution is -1.98. The van der Waals surface area contributed by atoms with Gasteiger partial charge in [0, 0.05) is 62.3 Å². The first-order valence-corrected chi connectivity index (χ1v) is 14.5. The summed E-state index contributed by atoms with van der Waals surface area (Å²) in [6, 6.07) is 43.4. The van der Waals surface area contributed by atoms with Gasteiger partial charge in [0.1, 0.15) is 5.65 Å². The zero-order valence-electron chi connectivity index (χ0n) is 23.0. The molecule has 5 nitrogen and oxygen atoms in total. The van der Waals surface area contributed by atoms with Crippen LogP contribution in [0.2, 0.25) is 0 Å². The van der Waals surface area contributed by atoms with Crippen LogP contribution in [-0.2, 0) is 0 Å². The SMILES string of the molecule is c1ccc(-n2c3ccccc3c3cc4c(cc32)c2ccc3c5ncccc5c5nccn5c3c2n4-c2ccccc2)cc1. The van der Waals surface area contributed by atoms with Crippen LogP contribution in [0.25, 0.3) is 82.4 Å². The second kappa shape index (κ2) is 8.30. The van der Waals surface area contributed by atoms with E-state index in [9.17, 15) is 0 Å². The summed E-state index contributed by atoms with van der Waals surface area (Å²) in [5.41, 5.74) is 9.99. The first-order chi connectivity index (χ1) is 21.4. The number of hydrogen-bond acceptors (Lipinski definition) is 2. The molecule has 5 heterocycles. The number of fused-ring (bicyclic) bond motifs is 13. The normalized spacial score (nSPS) is 12.2. The molecule has 0 aliphatic rings. The molecule has 0 aliphatic carbocycles. The van der Waals surface area contributed by atoms with Crippen LogP contribution >= 0.6 is 0 Å². The number of benzene rings is 5. The number of para-hydroxylation sites is 3. The number of nitrogens with zero attached hydrogens (tertiary/aromatic N) is 5. The minimum absolute atomic E-state index is 0.916. The Balaban J connectivity index is 1.48. The van der Waals surface area contributed by atoms with E-state index >= 15 is 0 Å². The summed E-state index contributed by atoms with van der Waals surface area (Å²) in [6.07, 6.45) is 5.83. The molecule has 0 amide bonds. The zero-order valence-corrected chi connectivity index (χ0v) is 23.0. The Morgan fingerprint density at radius 1 is 0.419 bits per heavy atom. The Morgan fingerprint density at radius 3 is 1.88 bits per heavy atom. The fourth-order valence-corrected chi connectivity index (χ4v) is 7.17. The molecule has 200 valence electrons. The van der Waals surface area contributed by atoms with Crippen molar-refractivity contribution in [2.75, 3.05) is 0 Å². The number of pyridine rings is 2. The lowest BCUT2D eigenvalue weighted by Gasteiger charge is -2.13. The first kappa shape index (κ1) is 22.7. The molecule has 10 aromatic rings. The quantitative estimate of drug-likeness (QED) is 0.202. The Bertz CT molecular complexity index is 2710. The fourth-order valence-electron chi connectivity index (χ4n) is 7.17. The van der Waals surface area contributed by atoms with Gasteiger partial charge in [-0.25, -0.2) is 4.98 Å². The van der Waals surface area contributed by atoms with Crippen LogP contribution in [0.4, 0.5) is 0 Å². The van der Waals surface area contributed by atoms with Crippen molar-refractivity contribution < 1.29 is 0 Å². The number of hydrogen-bond donors (Lipinski definition) is 0. The van der Waals surface area contributed by atoms with Crippen molar-refractivity contribution in [2.24, 2.45) is 0 Å². The van der Waals surface area contributed by atoms with Crippen LogP contribution in [0, 0.1) is 0 Å². The van der Waals surface area contributed by atoms with Crippen LogP contribution in [0.15, 0.2) is 140 Å². The van der Waals surface area contributed by atoms with Crippen molar-refractivity contribution in [3.8, 4) is 11.4 Å². The Labute approximate surface area is 245 Å². The molecule has 5 aromatic carbocycles. The third kappa shape index (κ3) is 2.95. The molecule has 0 unspecified atom stereocenters. The highest BCUT2D eigenvalue weighted by Gasteiger charge is 2.22. The third-order valence-corrected chi connectivity index (χ3v) is 8.91. The Hall–Kier alpha value is -5.94. The summed E-state index contributed by atoms with van der Waals surface area (Å²) in [5.74, 6) is 0. The predicted molar refractivity (Wildman–Crippen MR) is 177 cm³/mol. The monoisotopic (exact) mass is 549 g/mol. The smallest absolute Gasteiger partial charge is 0.146 e. The zero-order chi connectivity index (χ0) is 28.1. The van der Waals surface area contributed by atoms with E-state index in [0.29, 0.717) is 0 Å². The first-order valence-electron chi connectivity index (χ1n) is 14.5. The maximum atomic E-state index is 4.85. The summed E-state index contributed by atoms with van der Waals surface area (Å²) in [5, 5.41) is 7.04. The maximum absolute atomic E-state index is 4.85. The van der Waals surface area contributed by atoms with E-state index in [1.165, 1.54) is 38.1 Å². The van der Waals surface area contributed by atoms with Crippen LogP contribution < -0.4 is 0 Å². The highest BCUT2D eigenvalue weighted by molar-refractivity contribution is 6.25. The van der Waals surface area contributed by atoms with E-state index in [0.717, 1.165) is 44.3 Å². The molecular formula is C38H23N5. The molecule has 0 aliphatic heterocycles. The highest BCUT2D eigenvalue weighted by Crippen LogP contribution is 2.42. The standard InChI is InChI=1S/C38H23N5/c1-3-10-24(11-4-1)42-32-16-8-7-14-26(32)30-22-34-31(23-33(30)42)27-17-18-28-35-29(15-9-19-39-35)38-40-20-21-41(38)36(28)37(27)43(34)25-12-5-2-6-13-25/h1-23H. The molecular weight excluding hydrogens is 526 g/mol. The summed E-state index contributed by atoms with van der Waals surface area (Å²) >= 11 is 0. The van der Waals surface area contributed by atoms with Crippen LogP contribution in [0.1, 0.15) is 0 Å². The average molecular weight is 550 g/mol. The molecule has 10 rings (SSSR count). The topological polar surface area (TPSA) is 40.1 Å². The molecule has 43 heavy (non-hydrogen) atoms. The molecule has 0 saturated carbocycles. The van der Waals surface area contributed by atoms with Crippen molar-refractivity contribution in [1.29, 1.82) is 0 Å². The van der Waals surface area contributed by atoms with E-state index in [2.05, 4.69) is 135 Å². The van der Waals surface area contributed by atoms with E-state index in [4.69, 9.17) is 9.97 Å². The maximum Gasteiger partial charge on any atom is 0.146 e. The van der Waals surface area contributed by atoms with Gasteiger partial charge >= 0.3 is 0 Å². The lowest BCUT2D eigenvalue weighted by molar-refractivity contribution is 1.17. The number of rotatable bonds is 2. The van der Waals surface area contributed by atoms with Crippen molar-refractivity contribution in [3.05, 3.63) is 140 Å². The van der Waals surface area contributed by atoms with Crippen molar-refractivity contribution in [2.45, 2.75) is 0 Å². The van der Waals surface area contributed by atoms with Gasteiger partial charge < -0.3 is 9.13 Å². The fraction of sp³-hybridized carbons (Fsp3) is 0. The van der Waals surface area contributed by atoms with Crippen LogP contribution in [-0.4, -0.2) is 23.5 Å². The molecule has 0 spiro atoms. The summed E-state index contributed by atoms with van der Waals surface area (Å²) in [4.78, 5) is 9.64. The van der Waals surface area contributed by atoms with Gasteiger partial charge in [-0.3, -0.25) is 9.38 Å². The second-order valence-corrected chi connectivity index (χ2v) is 11.1. The molecule has 0 bridgehead atoms. The Kier molecular flexibility index (Phi) is 4.39. The van der Waals surface area contributed by atoms with Crippen molar-refractivity contribution in [1.82, 2.24) is 23.5 Å². The summed E-state index contributed by atoms with van der Waals surface area (Å²) in [6.45, 7) is 0. The lowest BCUT2D eigenvalue weighted by atomic mass is 10.1. The molecule has 0 fully saturated rings. The van der Waals surface area contributed by atoms with E-state index in [1.807, 2.05) is 18.5 Å². The average Bonchev–Trinajstić information content (AvgIpc) is 3.77. The molecule has 0 radical (unpaired) electrons. The molecule has 5 heteroatoms. The number of imidazole rings is 1. The second-order valence-electron chi connectivity index (χ2n) is 11.1. The number of aromatic nitrogens is 5.